The first kappa shape index (κ1) is 12.7. The minimum Gasteiger partial charge on any atom is -0.399 e. The molecule has 0 radical (unpaired) electrons. The number of aryl methyl sites for hydroxylation is 2. The van der Waals surface area contributed by atoms with E-state index >= 15 is 0 Å². The Balaban J connectivity index is 1.90. The van der Waals surface area contributed by atoms with E-state index in [0.717, 1.165) is 15.8 Å². The van der Waals surface area contributed by atoms with E-state index in [1.165, 1.54) is 11.3 Å². The Kier molecular flexibility index (Phi) is 2.94. The molecule has 0 saturated carbocycles. The molecule has 0 fully saturated rings. The first-order valence-electron chi connectivity index (χ1n) is 6.14. The number of hydrogen-bond acceptors (Lipinski definition) is 4. The molecule has 1 amide bonds. The van der Waals surface area contributed by atoms with Crippen molar-refractivity contribution in [2.24, 2.45) is 7.05 Å². The van der Waals surface area contributed by atoms with Gasteiger partial charge in [-0.05, 0) is 36.6 Å². The molecule has 0 spiro atoms. The monoisotopic (exact) mass is 286 g/mol. The summed E-state index contributed by atoms with van der Waals surface area (Å²) in [7, 11) is 1.80. The Morgan fingerprint density at radius 1 is 1.35 bits per heavy atom. The molecule has 20 heavy (non-hydrogen) atoms. The summed E-state index contributed by atoms with van der Waals surface area (Å²) in [5.74, 6) is 0.553. The molecular formula is C14H14N4OS. The van der Waals surface area contributed by atoms with Crippen LogP contribution in [0.2, 0.25) is 0 Å². The van der Waals surface area contributed by atoms with Gasteiger partial charge in [-0.2, -0.15) is 5.10 Å². The lowest BCUT2D eigenvalue weighted by Crippen LogP contribution is -2.13. The number of nitrogens with one attached hydrogen (secondary N) is 1. The maximum absolute atomic E-state index is 12.3. The van der Waals surface area contributed by atoms with Gasteiger partial charge in [0.25, 0.3) is 5.91 Å². The van der Waals surface area contributed by atoms with Crippen LogP contribution >= 0.6 is 11.3 Å². The normalized spacial score (nSPS) is 10.9. The van der Waals surface area contributed by atoms with Gasteiger partial charge in [-0.1, -0.05) is 0 Å². The van der Waals surface area contributed by atoms with E-state index < -0.39 is 0 Å². The summed E-state index contributed by atoms with van der Waals surface area (Å²) in [4.78, 5) is 12.9. The number of aromatic nitrogens is 2. The van der Waals surface area contributed by atoms with Gasteiger partial charge in [-0.25, -0.2) is 0 Å². The van der Waals surface area contributed by atoms with Crippen LogP contribution < -0.4 is 11.1 Å². The summed E-state index contributed by atoms with van der Waals surface area (Å²) in [5.41, 5.74) is 7.31. The predicted molar refractivity (Wildman–Crippen MR) is 82.1 cm³/mol. The summed E-state index contributed by atoms with van der Waals surface area (Å²) < 4.78 is 2.70. The fourth-order valence-electron chi connectivity index (χ4n) is 2.08. The van der Waals surface area contributed by atoms with E-state index in [0.29, 0.717) is 16.4 Å². The van der Waals surface area contributed by atoms with Gasteiger partial charge in [0, 0.05) is 23.5 Å². The molecule has 0 aliphatic carbocycles. The number of thiophene rings is 1. The van der Waals surface area contributed by atoms with Gasteiger partial charge in [0.1, 0.15) is 5.82 Å². The average molecular weight is 286 g/mol. The first-order valence-corrected chi connectivity index (χ1v) is 6.95. The highest BCUT2D eigenvalue weighted by atomic mass is 32.1. The number of benzene rings is 1. The third kappa shape index (κ3) is 2.25. The Morgan fingerprint density at radius 2 is 2.15 bits per heavy atom. The highest BCUT2D eigenvalue weighted by Crippen LogP contribution is 2.27. The number of nitrogens with zero attached hydrogens (tertiary/aromatic N) is 2. The van der Waals surface area contributed by atoms with Crippen LogP contribution in [0.1, 0.15) is 15.4 Å². The molecule has 6 heteroatoms. The summed E-state index contributed by atoms with van der Waals surface area (Å²) >= 11 is 1.45. The van der Waals surface area contributed by atoms with Crippen molar-refractivity contribution in [1.82, 2.24) is 9.78 Å². The lowest BCUT2D eigenvalue weighted by Gasteiger charge is -2.02. The third-order valence-corrected chi connectivity index (χ3v) is 4.12. The molecule has 0 aliphatic rings. The van der Waals surface area contributed by atoms with E-state index in [-0.39, 0.29) is 5.91 Å². The minimum atomic E-state index is -0.132. The number of carbonyl (C=O) groups excluding carboxylic acids is 1. The molecule has 0 aliphatic heterocycles. The average Bonchev–Trinajstić information content (AvgIpc) is 2.92. The van der Waals surface area contributed by atoms with Crippen molar-refractivity contribution in [1.29, 1.82) is 0 Å². The Labute approximate surface area is 120 Å². The number of carbonyl (C=O) groups is 1. The van der Waals surface area contributed by atoms with Crippen LogP contribution in [0.5, 0.6) is 0 Å². The fourth-order valence-corrected chi connectivity index (χ4v) is 3.02. The van der Waals surface area contributed by atoms with Crippen molar-refractivity contribution >= 4 is 38.8 Å². The second-order valence-electron chi connectivity index (χ2n) is 4.66. The number of anilines is 2. The van der Waals surface area contributed by atoms with Crippen molar-refractivity contribution in [3.8, 4) is 0 Å². The van der Waals surface area contributed by atoms with Crippen LogP contribution in [-0.2, 0) is 7.05 Å². The lowest BCUT2D eigenvalue weighted by atomic mass is 10.2. The van der Waals surface area contributed by atoms with Crippen molar-refractivity contribution in [3.05, 3.63) is 40.9 Å². The third-order valence-electron chi connectivity index (χ3n) is 3.01. The molecular weight excluding hydrogens is 272 g/mol. The smallest absolute Gasteiger partial charge is 0.266 e. The minimum absolute atomic E-state index is 0.132. The molecule has 0 saturated heterocycles. The van der Waals surface area contributed by atoms with Gasteiger partial charge in [0.2, 0.25) is 0 Å². The molecule has 3 N–H and O–H groups in total. The zero-order valence-electron chi connectivity index (χ0n) is 11.2. The Bertz CT molecular complexity index is 803. The highest BCUT2D eigenvalue weighted by molar-refractivity contribution is 7.20. The second-order valence-corrected chi connectivity index (χ2v) is 5.74. The van der Waals surface area contributed by atoms with Gasteiger partial charge >= 0.3 is 0 Å². The summed E-state index contributed by atoms with van der Waals surface area (Å²) in [6.07, 6.45) is 0. The maximum atomic E-state index is 12.3. The van der Waals surface area contributed by atoms with Crippen LogP contribution in [-0.4, -0.2) is 15.7 Å². The zero-order chi connectivity index (χ0) is 14.3. The molecule has 3 aromatic rings. The van der Waals surface area contributed by atoms with Crippen LogP contribution in [0.25, 0.3) is 10.1 Å². The molecule has 2 heterocycles. The summed E-state index contributed by atoms with van der Waals surface area (Å²) in [6, 6.07) is 9.33. The lowest BCUT2D eigenvalue weighted by molar-refractivity contribution is 0.102. The topological polar surface area (TPSA) is 72.9 Å². The predicted octanol–water partition coefficient (Wildman–Crippen LogP) is 2.78. The molecule has 0 unspecified atom stereocenters. The number of fused-ring (bicyclic) bond motifs is 1. The van der Waals surface area contributed by atoms with Gasteiger partial charge in [0.05, 0.1) is 10.6 Å². The molecule has 2 aromatic heterocycles. The summed E-state index contributed by atoms with van der Waals surface area (Å²) in [5, 5.41) is 8.05. The molecule has 0 bridgehead atoms. The molecule has 5 nitrogen and oxygen atoms in total. The molecule has 1 aromatic carbocycles. The standard InChI is InChI=1S/C14H14N4OS/c1-8-5-13(18(2)17-8)16-14(19)12-7-9-6-10(15)3-4-11(9)20-12/h3-7H,15H2,1-2H3,(H,16,19). The van der Waals surface area contributed by atoms with Gasteiger partial charge in [-0.3, -0.25) is 9.48 Å². The van der Waals surface area contributed by atoms with Crippen LogP contribution in [0.3, 0.4) is 0 Å². The molecule has 3 rings (SSSR count). The Hall–Kier alpha value is -2.34. The maximum Gasteiger partial charge on any atom is 0.266 e. The number of hydrogen-bond donors (Lipinski definition) is 2. The zero-order valence-corrected chi connectivity index (χ0v) is 12.0. The number of nitrogens with two attached hydrogens (primary N) is 1. The van der Waals surface area contributed by atoms with Gasteiger partial charge in [0.15, 0.2) is 0 Å². The molecule has 0 atom stereocenters. The van der Waals surface area contributed by atoms with Gasteiger partial charge < -0.3 is 11.1 Å². The van der Waals surface area contributed by atoms with E-state index in [1.807, 2.05) is 37.3 Å². The van der Waals surface area contributed by atoms with Crippen molar-refractivity contribution < 1.29 is 4.79 Å². The highest BCUT2D eigenvalue weighted by Gasteiger charge is 2.12. The largest absolute Gasteiger partial charge is 0.399 e. The van der Waals surface area contributed by atoms with Crippen LogP contribution in [0.4, 0.5) is 11.5 Å². The number of rotatable bonds is 2. The SMILES string of the molecule is Cc1cc(NC(=O)c2cc3cc(N)ccc3s2)n(C)n1. The van der Waals surface area contributed by atoms with Crippen LogP contribution in [0, 0.1) is 6.92 Å². The van der Waals surface area contributed by atoms with Crippen molar-refractivity contribution in [2.75, 3.05) is 11.1 Å². The quantitative estimate of drug-likeness (QED) is 0.711. The second kappa shape index (κ2) is 4.64. The van der Waals surface area contributed by atoms with E-state index in [4.69, 9.17) is 5.73 Å². The van der Waals surface area contributed by atoms with E-state index in [1.54, 1.807) is 11.7 Å². The first-order chi connectivity index (χ1) is 9.52. The van der Waals surface area contributed by atoms with Crippen LogP contribution in [0.15, 0.2) is 30.3 Å². The Morgan fingerprint density at radius 3 is 2.85 bits per heavy atom. The van der Waals surface area contributed by atoms with Crippen molar-refractivity contribution in [2.45, 2.75) is 6.92 Å². The van der Waals surface area contributed by atoms with E-state index in [2.05, 4.69) is 10.4 Å². The van der Waals surface area contributed by atoms with Gasteiger partial charge in [-0.15, -0.1) is 11.3 Å². The van der Waals surface area contributed by atoms with Crippen molar-refractivity contribution in [3.63, 3.8) is 0 Å². The molecule has 102 valence electrons. The van der Waals surface area contributed by atoms with E-state index in [9.17, 15) is 4.79 Å². The summed E-state index contributed by atoms with van der Waals surface area (Å²) in [6.45, 7) is 1.89. The number of nitrogen functional groups attached to an aromatic ring is 1. The number of amides is 1. The fraction of sp³-hybridized carbons (Fsp3) is 0.143.